The summed E-state index contributed by atoms with van der Waals surface area (Å²) in [6.07, 6.45) is -0.741. The van der Waals surface area contributed by atoms with Gasteiger partial charge in [-0.05, 0) is 60.2 Å². The van der Waals surface area contributed by atoms with Crippen LogP contribution in [0.2, 0.25) is 0 Å². The summed E-state index contributed by atoms with van der Waals surface area (Å²) in [4.78, 5) is 67.2. The number of ether oxygens (including phenoxy) is 3. The van der Waals surface area contributed by atoms with Gasteiger partial charge >= 0.3 is 0 Å². The number of fused-ring (bicyclic) bond motifs is 1. The number of aliphatic hydroxyl groups excluding tert-OH is 1. The van der Waals surface area contributed by atoms with Crippen molar-refractivity contribution in [3.8, 4) is 28.2 Å². The minimum Gasteiger partial charge on any atom is -0.494 e. The average molecular weight is 1050 g/mol. The molecule has 3 heterocycles. The molecule has 7 rings (SSSR count). The number of carbonyl (C=O) groups excluding carboxylic acids is 4. The fraction of sp³-hybridized carbons (Fsp3) is 0.379. The topological polar surface area (TPSA) is 229 Å². The van der Waals surface area contributed by atoms with Crippen LogP contribution in [0.1, 0.15) is 74.0 Å². The van der Waals surface area contributed by atoms with E-state index in [0.717, 1.165) is 38.2 Å². The lowest BCUT2D eigenvalue weighted by atomic mass is 9.85. The highest BCUT2D eigenvalue weighted by atomic mass is 32.1. The number of nitrogens with zero attached hydrogens (tertiary/aromatic N) is 3. The van der Waals surface area contributed by atoms with Gasteiger partial charge in [0, 0.05) is 68.0 Å². The summed E-state index contributed by atoms with van der Waals surface area (Å²) in [7, 11) is 0. The Balaban J connectivity index is 0.770. The number of β-amino-alcohol motifs (C(OH)–C–C–N with tert-alkyl or cyclic N) is 1. The van der Waals surface area contributed by atoms with E-state index in [0.29, 0.717) is 74.1 Å². The first kappa shape index (κ1) is 56.5. The van der Waals surface area contributed by atoms with Crippen LogP contribution in [-0.2, 0) is 46.5 Å². The van der Waals surface area contributed by atoms with Gasteiger partial charge in [0.15, 0.2) is 5.88 Å². The standard InChI is InChI=1S/C58H68N8O9S/c1-6-60-49(68)23-17-39-16-22-46-47(32-39)64-56(71)51(46)52(42-10-8-7-9-11-42)63-44-20-14-40(15-21-44)34-59-25-27-74-29-31-75-30-28-73-26-24-50(69)65-54(58(3,4)5)57(72)66-36-45(67)33-48(66)55(70)61-35-41-12-18-43(19-13-41)53-38(2)62-37-76-53/h7-16,18-22,32,37,45,48,54,59,64,67,71H,6,24-31,33-36H2,1-5H3,(H,60,68)(H,61,70)(H,65,69)/t45?,48-,54+/m0/s1. The van der Waals surface area contributed by atoms with Gasteiger partial charge < -0.3 is 55.6 Å². The summed E-state index contributed by atoms with van der Waals surface area (Å²) in [6, 6.07) is 29.1. The van der Waals surface area contributed by atoms with E-state index < -0.39 is 29.5 Å². The number of hydrogen-bond acceptors (Lipinski definition) is 13. The molecule has 400 valence electrons. The highest BCUT2D eigenvalue weighted by molar-refractivity contribution is 7.13. The first-order valence-corrected chi connectivity index (χ1v) is 26.4. The smallest absolute Gasteiger partial charge is 0.296 e. The Morgan fingerprint density at radius 2 is 1.57 bits per heavy atom. The van der Waals surface area contributed by atoms with E-state index in [1.807, 2.05) is 131 Å². The maximum absolute atomic E-state index is 14.0. The molecule has 0 radical (unpaired) electrons. The fourth-order valence-electron chi connectivity index (χ4n) is 8.61. The van der Waals surface area contributed by atoms with Crippen LogP contribution in [0, 0.1) is 24.2 Å². The number of hydrogen-bond donors (Lipinski definition) is 7. The Kier molecular flexibility index (Phi) is 20.5. The molecule has 76 heavy (non-hydrogen) atoms. The van der Waals surface area contributed by atoms with Crippen LogP contribution < -0.4 is 21.3 Å². The molecule has 1 aliphatic rings. The van der Waals surface area contributed by atoms with Crippen molar-refractivity contribution < 1.29 is 43.6 Å². The van der Waals surface area contributed by atoms with Gasteiger partial charge in [-0.2, -0.15) is 0 Å². The summed E-state index contributed by atoms with van der Waals surface area (Å²) in [5.41, 5.74) is 9.12. The Bertz CT molecular complexity index is 2990. The Morgan fingerprint density at radius 3 is 2.25 bits per heavy atom. The van der Waals surface area contributed by atoms with Crippen molar-refractivity contribution >= 4 is 57.3 Å². The molecule has 7 N–H and O–H groups in total. The van der Waals surface area contributed by atoms with Crippen molar-refractivity contribution in [1.29, 1.82) is 0 Å². The third-order valence-corrected chi connectivity index (χ3v) is 13.6. The van der Waals surface area contributed by atoms with Gasteiger partial charge in [0.1, 0.15) is 12.1 Å². The summed E-state index contributed by atoms with van der Waals surface area (Å²) in [6.45, 7) is 13.3. The van der Waals surface area contributed by atoms with Crippen molar-refractivity contribution in [3.63, 3.8) is 0 Å². The molecule has 1 unspecified atom stereocenters. The third kappa shape index (κ3) is 15.9. The van der Waals surface area contributed by atoms with Crippen LogP contribution in [0.15, 0.2) is 108 Å². The number of aliphatic imine (C=N–C) groups is 1. The molecule has 6 aromatic rings. The van der Waals surface area contributed by atoms with Crippen molar-refractivity contribution in [2.45, 2.75) is 78.7 Å². The molecule has 4 aromatic carbocycles. The molecule has 0 spiro atoms. The summed E-state index contributed by atoms with van der Waals surface area (Å²) >= 11 is 1.57. The number of benzene rings is 4. The van der Waals surface area contributed by atoms with Crippen LogP contribution >= 0.6 is 11.3 Å². The second-order valence-electron chi connectivity index (χ2n) is 19.4. The molecule has 1 saturated heterocycles. The lowest BCUT2D eigenvalue weighted by Crippen LogP contribution is -2.57. The molecule has 1 fully saturated rings. The second-order valence-corrected chi connectivity index (χ2v) is 20.3. The number of aliphatic hydroxyl groups is 1. The number of aryl methyl sites for hydroxylation is 1. The van der Waals surface area contributed by atoms with Crippen LogP contribution in [0.4, 0.5) is 5.69 Å². The zero-order valence-corrected chi connectivity index (χ0v) is 44.6. The van der Waals surface area contributed by atoms with Gasteiger partial charge in [-0.25, -0.2) is 9.98 Å². The number of nitrogens with one attached hydrogen (secondary N) is 5. The predicted octanol–water partition coefficient (Wildman–Crippen LogP) is 6.30. The minimum absolute atomic E-state index is 0.00841. The highest BCUT2D eigenvalue weighted by Crippen LogP contribution is 2.33. The normalized spacial score (nSPS) is 15.0. The van der Waals surface area contributed by atoms with E-state index >= 15 is 0 Å². The number of aromatic nitrogens is 2. The number of thiazole rings is 1. The molecule has 2 aromatic heterocycles. The minimum atomic E-state index is -0.934. The van der Waals surface area contributed by atoms with Crippen molar-refractivity contribution in [1.82, 2.24) is 36.1 Å². The zero-order chi connectivity index (χ0) is 54.0. The molecular weight excluding hydrogens is 985 g/mol. The van der Waals surface area contributed by atoms with Crippen molar-refractivity contribution in [3.05, 3.63) is 136 Å². The van der Waals surface area contributed by atoms with E-state index in [4.69, 9.17) is 19.2 Å². The van der Waals surface area contributed by atoms with Gasteiger partial charge in [-0.3, -0.25) is 19.2 Å². The third-order valence-electron chi connectivity index (χ3n) is 12.6. The van der Waals surface area contributed by atoms with E-state index in [1.165, 1.54) is 4.90 Å². The fourth-order valence-corrected chi connectivity index (χ4v) is 9.42. The molecular formula is C58H68N8O9S. The predicted molar refractivity (Wildman–Crippen MR) is 294 cm³/mol. The SMILES string of the molecule is CCNC(=O)C#Cc1ccc2c(C(=Nc3ccc(CNCCOCCOCCOCCC(=O)N[C@H](C(=O)N4CC(O)C[C@H]4C(=O)NCc4ccc(-c5scnc5C)cc4)C(C)(C)C)cc3)c3ccccc3)c(O)[nH]c2c1. The number of likely N-dealkylation sites (tertiary alicyclic amines) is 1. The number of carbonyl (C=O) groups is 4. The number of amides is 4. The lowest BCUT2D eigenvalue weighted by molar-refractivity contribution is -0.144. The largest absolute Gasteiger partial charge is 0.494 e. The Morgan fingerprint density at radius 1 is 0.882 bits per heavy atom. The molecule has 17 nitrogen and oxygen atoms in total. The summed E-state index contributed by atoms with van der Waals surface area (Å²) in [5.74, 6) is 3.94. The first-order valence-electron chi connectivity index (χ1n) is 25.6. The Labute approximate surface area is 447 Å². The van der Waals surface area contributed by atoms with Crippen molar-refractivity contribution in [2.24, 2.45) is 10.4 Å². The van der Waals surface area contributed by atoms with Crippen LogP contribution in [0.3, 0.4) is 0 Å². The number of aromatic hydroxyl groups is 1. The molecule has 3 atom stereocenters. The van der Waals surface area contributed by atoms with E-state index in [9.17, 15) is 29.4 Å². The number of rotatable bonds is 24. The second kappa shape index (κ2) is 27.5. The van der Waals surface area contributed by atoms with Crippen LogP contribution in [0.25, 0.3) is 21.3 Å². The maximum Gasteiger partial charge on any atom is 0.296 e. The molecule has 0 aliphatic carbocycles. The summed E-state index contributed by atoms with van der Waals surface area (Å²) < 4.78 is 17.0. The molecule has 1 aliphatic heterocycles. The van der Waals surface area contributed by atoms with Crippen LogP contribution in [-0.4, -0.2) is 132 Å². The molecule has 0 saturated carbocycles. The van der Waals surface area contributed by atoms with E-state index in [2.05, 4.69) is 43.1 Å². The molecule has 0 bridgehead atoms. The zero-order valence-electron chi connectivity index (χ0n) is 43.7. The van der Waals surface area contributed by atoms with Crippen LogP contribution in [0.5, 0.6) is 5.88 Å². The highest BCUT2D eigenvalue weighted by Gasteiger charge is 2.44. The molecule has 4 amide bonds. The van der Waals surface area contributed by atoms with E-state index in [-0.39, 0.29) is 62.7 Å². The number of H-pyrrole nitrogens is 1. The summed E-state index contributed by atoms with van der Waals surface area (Å²) in [5, 5.41) is 34.3. The van der Waals surface area contributed by atoms with Gasteiger partial charge in [-0.1, -0.05) is 99.5 Å². The number of aromatic amines is 1. The average Bonchev–Trinajstić information content (AvgIpc) is 4.13. The lowest BCUT2D eigenvalue weighted by Gasteiger charge is -2.35. The first-order chi connectivity index (χ1) is 36.7. The monoisotopic (exact) mass is 1050 g/mol. The van der Waals surface area contributed by atoms with Gasteiger partial charge in [0.05, 0.1) is 84.3 Å². The maximum atomic E-state index is 14.0. The molecule has 18 heteroatoms. The van der Waals surface area contributed by atoms with E-state index in [1.54, 1.807) is 17.4 Å². The Hall–Kier alpha value is -7.24. The van der Waals surface area contributed by atoms with Gasteiger partial charge in [0.2, 0.25) is 17.7 Å². The quantitative estimate of drug-likeness (QED) is 0.0202. The van der Waals surface area contributed by atoms with Gasteiger partial charge in [0.25, 0.3) is 5.91 Å². The van der Waals surface area contributed by atoms with Crippen molar-refractivity contribution in [2.75, 3.05) is 59.3 Å². The van der Waals surface area contributed by atoms with Gasteiger partial charge in [-0.15, -0.1) is 11.3 Å².